The van der Waals surface area contributed by atoms with Crippen LogP contribution in [-0.2, 0) is 11.2 Å². The van der Waals surface area contributed by atoms with Crippen LogP contribution < -0.4 is 10.2 Å². The highest BCUT2D eigenvalue weighted by Gasteiger charge is 2.31. The van der Waals surface area contributed by atoms with Crippen LogP contribution in [-0.4, -0.2) is 29.4 Å². The number of fused-ring (bicyclic) bond motifs is 1. The van der Waals surface area contributed by atoms with Gasteiger partial charge >= 0.3 is 5.97 Å². The fourth-order valence-electron chi connectivity index (χ4n) is 4.42. The van der Waals surface area contributed by atoms with Gasteiger partial charge < -0.3 is 15.3 Å². The molecule has 5 rings (SSSR count). The molecule has 2 N–H and O–H groups in total. The third kappa shape index (κ3) is 5.27. The molecule has 4 aromatic carbocycles. The van der Waals surface area contributed by atoms with E-state index in [2.05, 4.69) is 11.4 Å². The summed E-state index contributed by atoms with van der Waals surface area (Å²) in [5.41, 5.74) is 3.63. The number of benzene rings is 4. The van der Waals surface area contributed by atoms with Crippen molar-refractivity contribution in [2.24, 2.45) is 0 Å². The summed E-state index contributed by atoms with van der Waals surface area (Å²) in [4.78, 5) is 40.7. The number of carbonyl (C=O) groups is 3. The van der Waals surface area contributed by atoms with Crippen molar-refractivity contribution in [3.8, 4) is 0 Å². The van der Waals surface area contributed by atoms with Crippen LogP contribution in [0.25, 0.3) is 0 Å². The van der Waals surface area contributed by atoms with Crippen molar-refractivity contribution in [3.05, 3.63) is 125 Å². The fraction of sp³-hybridized carbons (Fsp3) is 0.100. The van der Waals surface area contributed by atoms with E-state index in [4.69, 9.17) is 0 Å². The lowest BCUT2D eigenvalue weighted by Crippen LogP contribution is -2.32. The van der Waals surface area contributed by atoms with Gasteiger partial charge in [-0.25, -0.2) is 4.79 Å². The Morgan fingerprint density at radius 2 is 1.43 bits per heavy atom. The Hall–Kier alpha value is -4.36. The molecule has 1 aliphatic heterocycles. The van der Waals surface area contributed by atoms with Gasteiger partial charge in [-0.1, -0.05) is 60.7 Å². The molecule has 1 atom stereocenters. The number of carboxylic acids is 1. The van der Waals surface area contributed by atoms with E-state index in [-0.39, 0.29) is 17.0 Å². The normalized spacial score (nSPS) is 13.0. The minimum absolute atomic E-state index is 0.0313. The Kier molecular flexibility index (Phi) is 7.05. The lowest BCUT2D eigenvalue weighted by molar-refractivity contribution is -0.118. The molecule has 0 saturated heterocycles. The first kappa shape index (κ1) is 24.3. The molecule has 0 fully saturated rings. The highest BCUT2D eigenvalue weighted by atomic mass is 32.2. The summed E-state index contributed by atoms with van der Waals surface area (Å²) in [7, 11) is 0. The molecule has 7 heteroatoms. The minimum atomic E-state index is -1.16. The SMILES string of the molecule is O=C(O)c1ccccc1C(=O)Nc1ccc(S[C@H](C(=O)N2CCc3ccccc32)c2ccccc2)cc1. The van der Waals surface area contributed by atoms with Gasteiger partial charge in [-0.05, 0) is 60.0 Å². The van der Waals surface area contributed by atoms with E-state index in [0.29, 0.717) is 12.2 Å². The maximum absolute atomic E-state index is 13.8. The number of rotatable bonds is 7. The van der Waals surface area contributed by atoms with Gasteiger partial charge in [-0.3, -0.25) is 9.59 Å². The standard InChI is InChI=1S/C30H24N2O4S/c33-28(24-11-5-6-12-25(24)30(35)36)31-22-14-16-23(17-15-22)37-27(21-9-2-1-3-10-21)29(34)32-19-18-20-8-4-7-13-26(20)32/h1-17,27H,18-19H2,(H,31,33)(H,35,36)/t27-/m0/s1. The van der Waals surface area contributed by atoms with E-state index in [0.717, 1.165) is 22.6 Å². The molecule has 0 unspecified atom stereocenters. The summed E-state index contributed by atoms with van der Waals surface area (Å²) in [6.07, 6.45) is 0.841. The van der Waals surface area contributed by atoms with Crippen LogP contribution in [0.15, 0.2) is 108 Å². The van der Waals surface area contributed by atoms with Gasteiger partial charge in [0.25, 0.3) is 5.91 Å². The van der Waals surface area contributed by atoms with Gasteiger partial charge in [-0.2, -0.15) is 0 Å². The van der Waals surface area contributed by atoms with Crippen LogP contribution in [0.1, 0.15) is 37.1 Å². The van der Waals surface area contributed by atoms with Crippen molar-refractivity contribution in [1.82, 2.24) is 0 Å². The molecule has 37 heavy (non-hydrogen) atoms. The molecule has 0 spiro atoms. The molecular weight excluding hydrogens is 484 g/mol. The highest BCUT2D eigenvalue weighted by Crippen LogP contribution is 2.40. The molecule has 4 aromatic rings. The second-order valence-electron chi connectivity index (χ2n) is 8.61. The summed E-state index contributed by atoms with van der Waals surface area (Å²) >= 11 is 1.46. The first-order valence-corrected chi connectivity index (χ1v) is 12.7. The number of aromatic carboxylic acids is 1. The molecule has 0 aliphatic carbocycles. The Morgan fingerprint density at radius 3 is 2.16 bits per heavy atom. The maximum atomic E-state index is 13.8. The number of carbonyl (C=O) groups excluding carboxylic acids is 2. The molecule has 6 nitrogen and oxygen atoms in total. The first-order valence-electron chi connectivity index (χ1n) is 11.9. The molecule has 0 bridgehead atoms. The smallest absolute Gasteiger partial charge is 0.336 e. The third-order valence-electron chi connectivity index (χ3n) is 6.25. The maximum Gasteiger partial charge on any atom is 0.336 e. The van der Waals surface area contributed by atoms with Crippen molar-refractivity contribution >= 4 is 40.9 Å². The van der Waals surface area contributed by atoms with Gasteiger partial charge in [0, 0.05) is 22.8 Å². The topological polar surface area (TPSA) is 86.7 Å². The summed E-state index contributed by atoms with van der Waals surface area (Å²) in [5.74, 6) is -1.62. The minimum Gasteiger partial charge on any atom is -0.478 e. The second kappa shape index (κ2) is 10.7. The first-order chi connectivity index (χ1) is 18.0. The number of nitrogens with zero attached hydrogens (tertiary/aromatic N) is 1. The molecule has 0 saturated carbocycles. The van der Waals surface area contributed by atoms with E-state index in [1.165, 1.54) is 29.5 Å². The zero-order valence-electron chi connectivity index (χ0n) is 19.8. The quantitative estimate of drug-likeness (QED) is 0.296. The predicted molar refractivity (Wildman–Crippen MR) is 145 cm³/mol. The van der Waals surface area contributed by atoms with Crippen LogP contribution in [0.4, 0.5) is 11.4 Å². The molecule has 1 heterocycles. The number of anilines is 2. The number of thioether (sulfide) groups is 1. The zero-order valence-corrected chi connectivity index (χ0v) is 20.7. The molecular formula is C30H24N2O4S. The van der Waals surface area contributed by atoms with Crippen LogP contribution in [0.2, 0.25) is 0 Å². The van der Waals surface area contributed by atoms with E-state index < -0.39 is 17.1 Å². The number of hydrogen-bond donors (Lipinski definition) is 2. The van der Waals surface area contributed by atoms with E-state index in [1.54, 1.807) is 24.3 Å². The molecule has 0 aromatic heterocycles. The van der Waals surface area contributed by atoms with Gasteiger partial charge in [-0.15, -0.1) is 11.8 Å². The van der Waals surface area contributed by atoms with Gasteiger partial charge in [0.2, 0.25) is 5.91 Å². The summed E-state index contributed by atoms with van der Waals surface area (Å²) < 4.78 is 0. The van der Waals surface area contributed by atoms with Gasteiger partial charge in [0.1, 0.15) is 5.25 Å². The molecule has 1 aliphatic rings. The number of nitrogens with one attached hydrogen (secondary N) is 1. The Labute approximate surface area is 218 Å². The Balaban J connectivity index is 1.35. The monoisotopic (exact) mass is 508 g/mol. The largest absolute Gasteiger partial charge is 0.478 e. The van der Waals surface area contributed by atoms with Crippen molar-refractivity contribution in [2.45, 2.75) is 16.6 Å². The van der Waals surface area contributed by atoms with Crippen molar-refractivity contribution in [2.75, 3.05) is 16.8 Å². The van der Waals surface area contributed by atoms with Crippen LogP contribution in [0.3, 0.4) is 0 Å². The van der Waals surface area contributed by atoms with Gasteiger partial charge in [0.15, 0.2) is 0 Å². The lowest BCUT2D eigenvalue weighted by atomic mass is 10.1. The van der Waals surface area contributed by atoms with Crippen molar-refractivity contribution < 1.29 is 19.5 Å². The van der Waals surface area contributed by atoms with Crippen LogP contribution in [0.5, 0.6) is 0 Å². The Morgan fingerprint density at radius 1 is 0.784 bits per heavy atom. The Bertz CT molecular complexity index is 1450. The van der Waals surface area contributed by atoms with Crippen LogP contribution in [0, 0.1) is 0 Å². The summed E-state index contributed by atoms with van der Waals surface area (Å²) in [5, 5.41) is 11.7. The second-order valence-corrected chi connectivity index (χ2v) is 9.78. The third-order valence-corrected chi connectivity index (χ3v) is 7.50. The average molecular weight is 509 g/mol. The number of para-hydroxylation sites is 1. The van der Waals surface area contributed by atoms with Crippen molar-refractivity contribution in [3.63, 3.8) is 0 Å². The molecule has 2 amide bonds. The van der Waals surface area contributed by atoms with Gasteiger partial charge in [0.05, 0.1) is 11.1 Å². The zero-order chi connectivity index (χ0) is 25.8. The number of carboxylic acid groups (broad SMARTS) is 1. The highest BCUT2D eigenvalue weighted by molar-refractivity contribution is 8.00. The predicted octanol–water partition coefficient (Wildman–Crippen LogP) is 6.06. The summed E-state index contributed by atoms with van der Waals surface area (Å²) in [6.45, 7) is 0.658. The van der Waals surface area contributed by atoms with E-state index in [1.807, 2.05) is 65.6 Å². The van der Waals surface area contributed by atoms with E-state index >= 15 is 0 Å². The van der Waals surface area contributed by atoms with Crippen LogP contribution >= 0.6 is 11.8 Å². The molecule has 0 radical (unpaired) electrons. The van der Waals surface area contributed by atoms with Crippen molar-refractivity contribution in [1.29, 1.82) is 0 Å². The number of amides is 2. The molecule has 184 valence electrons. The number of hydrogen-bond acceptors (Lipinski definition) is 4. The fourth-order valence-corrected chi connectivity index (χ4v) is 5.50. The average Bonchev–Trinajstić information content (AvgIpc) is 3.37. The lowest BCUT2D eigenvalue weighted by Gasteiger charge is -2.24. The van der Waals surface area contributed by atoms with E-state index in [9.17, 15) is 19.5 Å². The summed E-state index contributed by atoms with van der Waals surface area (Å²) in [6, 6.07) is 31.0.